The van der Waals surface area contributed by atoms with E-state index >= 15 is 0 Å². The van der Waals surface area contributed by atoms with E-state index in [1.165, 1.54) is 16.7 Å². The largest absolute Gasteiger partial charge is 0.550 e. The van der Waals surface area contributed by atoms with Crippen LogP contribution in [0.4, 0.5) is 0 Å². The van der Waals surface area contributed by atoms with Crippen LogP contribution in [0.1, 0.15) is 35.6 Å². The van der Waals surface area contributed by atoms with Crippen LogP contribution in [0, 0.1) is 25.7 Å². The Morgan fingerprint density at radius 3 is 2.68 bits per heavy atom. The Hall–Kier alpha value is -1.51. The second-order valence-corrected chi connectivity index (χ2v) is 5.59. The SMILES string of the molecule is COc1cc(C)c2c(c1C)C[C@@H]([C@@H](C)C(=O)[O-])CC2. The zero-order chi connectivity index (χ0) is 14.2. The van der Waals surface area contributed by atoms with Crippen LogP contribution in [-0.2, 0) is 17.6 Å². The Balaban J connectivity index is 2.38. The maximum absolute atomic E-state index is 11.0. The van der Waals surface area contributed by atoms with Crippen LogP contribution in [-0.4, -0.2) is 13.1 Å². The zero-order valence-electron chi connectivity index (χ0n) is 12.1. The third-order valence-electron chi connectivity index (χ3n) is 4.54. The first-order valence-electron chi connectivity index (χ1n) is 6.82. The van der Waals surface area contributed by atoms with Crippen molar-refractivity contribution in [2.75, 3.05) is 7.11 Å². The molecule has 0 heterocycles. The van der Waals surface area contributed by atoms with Crippen LogP contribution >= 0.6 is 0 Å². The maximum Gasteiger partial charge on any atom is 0.122 e. The summed E-state index contributed by atoms with van der Waals surface area (Å²) in [6.45, 7) is 5.92. The van der Waals surface area contributed by atoms with Crippen molar-refractivity contribution in [2.24, 2.45) is 11.8 Å². The van der Waals surface area contributed by atoms with E-state index in [1.807, 2.05) is 0 Å². The van der Waals surface area contributed by atoms with E-state index in [2.05, 4.69) is 19.9 Å². The highest BCUT2D eigenvalue weighted by Gasteiger charge is 2.27. The van der Waals surface area contributed by atoms with Crippen LogP contribution in [0.2, 0.25) is 0 Å². The molecule has 0 unspecified atom stereocenters. The first-order valence-corrected chi connectivity index (χ1v) is 6.82. The molecule has 0 bridgehead atoms. The molecule has 0 amide bonds. The molecule has 1 aromatic rings. The van der Waals surface area contributed by atoms with Crippen molar-refractivity contribution < 1.29 is 14.6 Å². The van der Waals surface area contributed by atoms with Crippen molar-refractivity contribution >= 4 is 5.97 Å². The average Bonchev–Trinajstić information content (AvgIpc) is 2.41. The van der Waals surface area contributed by atoms with Crippen LogP contribution in [0.25, 0.3) is 0 Å². The normalized spacial score (nSPS) is 19.7. The second kappa shape index (κ2) is 5.24. The van der Waals surface area contributed by atoms with Crippen LogP contribution in [0.5, 0.6) is 5.75 Å². The van der Waals surface area contributed by atoms with Crippen molar-refractivity contribution in [1.82, 2.24) is 0 Å². The second-order valence-electron chi connectivity index (χ2n) is 5.59. The molecule has 0 aliphatic heterocycles. The highest BCUT2D eigenvalue weighted by molar-refractivity contribution is 5.67. The van der Waals surface area contributed by atoms with Gasteiger partial charge in [0.05, 0.1) is 7.11 Å². The number of rotatable bonds is 3. The van der Waals surface area contributed by atoms with E-state index in [1.54, 1.807) is 14.0 Å². The molecule has 1 aliphatic carbocycles. The van der Waals surface area contributed by atoms with Crippen molar-refractivity contribution in [3.05, 3.63) is 28.3 Å². The summed E-state index contributed by atoms with van der Waals surface area (Å²) in [6, 6.07) is 2.08. The molecule has 0 N–H and O–H groups in total. The summed E-state index contributed by atoms with van der Waals surface area (Å²) < 4.78 is 5.41. The molecule has 3 nitrogen and oxygen atoms in total. The predicted molar refractivity (Wildman–Crippen MR) is 72.2 cm³/mol. The summed E-state index contributed by atoms with van der Waals surface area (Å²) in [5.41, 5.74) is 5.05. The Bertz CT molecular complexity index is 505. The highest BCUT2D eigenvalue weighted by atomic mass is 16.5. The number of ether oxygens (including phenoxy) is 1. The standard InChI is InChI=1S/C16H22O3/c1-9-7-15(19-4)11(3)14-8-12(5-6-13(9)14)10(2)16(17)18/h7,10,12H,5-6,8H2,1-4H3,(H,17,18)/p-1/t10-,12+/m1/s1. The summed E-state index contributed by atoms with van der Waals surface area (Å²) in [5, 5.41) is 11.0. The van der Waals surface area contributed by atoms with E-state index in [4.69, 9.17) is 4.74 Å². The number of carbonyl (C=O) groups is 1. The molecule has 0 saturated heterocycles. The Morgan fingerprint density at radius 1 is 1.42 bits per heavy atom. The van der Waals surface area contributed by atoms with Crippen molar-refractivity contribution in [2.45, 2.75) is 40.0 Å². The van der Waals surface area contributed by atoms with Crippen molar-refractivity contribution in [3.8, 4) is 5.75 Å². The molecule has 19 heavy (non-hydrogen) atoms. The van der Waals surface area contributed by atoms with Gasteiger partial charge in [0.1, 0.15) is 5.75 Å². The van der Waals surface area contributed by atoms with E-state index in [9.17, 15) is 9.90 Å². The van der Waals surface area contributed by atoms with Gasteiger partial charge in [-0.05, 0) is 73.3 Å². The van der Waals surface area contributed by atoms with Gasteiger partial charge in [-0.15, -0.1) is 0 Å². The fourth-order valence-corrected chi connectivity index (χ4v) is 3.15. The number of carboxylic acids is 1. The minimum Gasteiger partial charge on any atom is -0.550 e. The molecule has 1 aromatic carbocycles. The van der Waals surface area contributed by atoms with Crippen LogP contribution < -0.4 is 9.84 Å². The summed E-state index contributed by atoms with van der Waals surface area (Å²) in [5.74, 6) is -0.259. The van der Waals surface area contributed by atoms with Gasteiger partial charge in [-0.2, -0.15) is 0 Å². The topological polar surface area (TPSA) is 49.4 Å². The lowest BCUT2D eigenvalue weighted by atomic mass is 9.75. The van der Waals surface area contributed by atoms with Crippen molar-refractivity contribution in [3.63, 3.8) is 0 Å². The summed E-state index contributed by atoms with van der Waals surface area (Å²) >= 11 is 0. The number of carbonyl (C=O) groups excluding carboxylic acids is 1. The Labute approximate surface area is 114 Å². The summed E-state index contributed by atoms with van der Waals surface area (Å²) in [7, 11) is 1.68. The first-order chi connectivity index (χ1) is 8.95. The Kier molecular flexibility index (Phi) is 3.83. The van der Waals surface area contributed by atoms with Gasteiger partial charge in [-0.3, -0.25) is 0 Å². The van der Waals surface area contributed by atoms with Gasteiger partial charge in [-0.1, -0.05) is 6.92 Å². The zero-order valence-corrected chi connectivity index (χ0v) is 12.1. The lowest BCUT2D eigenvalue weighted by Gasteiger charge is -2.32. The fraction of sp³-hybridized carbons (Fsp3) is 0.562. The molecular formula is C16H21O3-. The average molecular weight is 261 g/mol. The number of aryl methyl sites for hydroxylation is 1. The lowest BCUT2D eigenvalue weighted by molar-refractivity contribution is -0.312. The molecule has 0 fully saturated rings. The minimum absolute atomic E-state index is 0.169. The summed E-state index contributed by atoms with van der Waals surface area (Å²) in [6.07, 6.45) is 2.69. The number of aliphatic carboxylic acids is 1. The van der Waals surface area contributed by atoms with Crippen LogP contribution in [0.15, 0.2) is 6.07 Å². The minimum atomic E-state index is -0.939. The molecule has 0 aromatic heterocycles. The fourth-order valence-electron chi connectivity index (χ4n) is 3.15. The molecule has 2 rings (SSSR count). The van der Waals surface area contributed by atoms with E-state index in [0.717, 1.165) is 30.6 Å². The molecule has 0 saturated carbocycles. The predicted octanol–water partition coefficient (Wildman–Crippen LogP) is 1.80. The van der Waals surface area contributed by atoms with Gasteiger partial charge in [-0.25, -0.2) is 0 Å². The van der Waals surface area contributed by atoms with Crippen molar-refractivity contribution in [1.29, 1.82) is 0 Å². The lowest BCUT2D eigenvalue weighted by Crippen LogP contribution is -2.36. The molecule has 0 radical (unpaired) electrons. The third kappa shape index (κ3) is 2.46. The number of benzene rings is 1. The van der Waals surface area contributed by atoms with Gasteiger partial charge in [0.2, 0.25) is 0 Å². The van der Waals surface area contributed by atoms with Gasteiger partial charge < -0.3 is 14.6 Å². The number of methoxy groups -OCH3 is 1. The third-order valence-corrected chi connectivity index (χ3v) is 4.54. The van der Waals surface area contributed by atoms with E-state index < -0.39 is 5.97 Å². The summed E-state index contributed by atoms with van der Waals surface area (Å²) in [4.78, 5) is 11.0. The van der Waals surface area contributed by atoms with E-state index in [0.29, 0.717) is 0 Å². The monoisotopic (exact) mass is 261 g/mol. The van der Waals surface area contributed by atoms with E-state index in [-0.39, 0.29) is 11.8 Å². The highest BCUT2D eigenvalue weighted by Crippen LogP contribution is 2.37. The molecule has 0 spiro atoms. The number of hydrogen-bond donors (Lipinski definition) is 0. The quantitative estimate of drug-likeness (QED) is 0.833. The van der Waals surface area contributed by atoms with Gasteiger partial charge in [0.25, 0.3) is 0 Å². The molecule has 1 aliphatic rings. The smallest absolute Gasteiger partial charge is 0.122 e. The number of fused-ring (bicyclic) bond motifs is 1. The first kappa shape index (κ1) is 13.9. The molecular weight excluding hydrogens is 240 g/mol. The Morgan fingerprint density at radius 2 is 2.11 bits per heavy atom. The van der Waals surface area contributed by atoms with Gasteiger partial charge >= 0.3 is 0 Å². The van der Waals surface area contributed by atoms with Crippen LogP contribution in [0.3, 0.4) is 0 Å². The maximum atomic E-state index is 11.0. The van der Waals surface area contributed by atoms with Gasteiger partial charge in [0.15, 0.2) is 0 Å². The molecule has 104 valence electrons. The van der Waals surface area contributed by atoms with Gasteiger partial charge in [0, 0.05) is 5.97 Å². The molecule has 2 atom stereocenters. The molecule has 3 heteroatoms. The number of hydrogen-bond acceptors (Lipinski definition) is 3. The number of carboxylic acid groups (broad SMARTS) is 1.